The van der Waals surface area contributed by atoms with Crippen LogP contribution in [0.1, 0.15) is 11.1 Å². The molecule has 1 aromatic rings. The van der Waals surface area contributed by atoms with Crippen molar-refractivity contribution in [2.75, 3.05) is 11.5 Å². The van der Waals surface area contributed by atoms with Crippen LogP contribution in [-0.2, 0) is 15.6 Å². The normalized spacial score (nSPS) is 28.2. The third kappa shape index (κ3) is 3.17. The molecular weight excluding hydrogens is 298 g/mol. The van der Waals surface area contributed by atoms with E-state index in [4.69, 9.17) is 0 Å². The van der Waals surface area contributed by atoms with E-state index in [0.717, 1.165) is 10.1 Å². The number of hydrogen-bond acceptors (Lipinski definition) is 5. The molecule has 0 unspecified atom stereocenters. The summed E-state index contributed by atoms with van der Waals surface area (Å²) in [5, 5.41) is 0.158. The first-order valence-electron chi connectivity index (χ1n) is 6.15. The first kappa shape index (κ1) is 13.5. The molecule has 0 amide bonds. The molecule has 102 valence electrons. The van der Waals surface area contributed by atoms with E-state index >= 15 is 0 Å². The third-order valence-corrected chi connectivity index (χ3v) is 7.77. The van der Waals surface area contributed by atoms with Crippen molar-refractivity contribution in [1.29, 1.82) is 0 Å². The van der Waals surface area contributed by atoms with Crippen molar-refractivity contribution in [3.63, 3.8) is 0 Å². The number of rotatable bonds is 2. The van der Waals surface area contributed by atoms with Crippen molar-refractivity contribution < 1.29 is 8.42 Å². The van der Waals surface area contributed by atoms with E-state index in [1.807, 2.05) is 0 Å². The molecule has 0 saturated carbocycles. The summed E-state index contributed by atoms with van der Waals surface area (Å²) in [6.45, 7) is 2.08. The molecule has 0 bridgehead atoms. The van der Waals surface area contributed by atoms with E-state index in [0.29, 0.717) is 5.75 Å². The topological polar surface area (TPSA) is 46.5 Å². The van der Waals surface area contributed by atoms with Gasteiger partial charge in [-0.2, -0.15) is 0 Å². The van der Waals surface area contributed by atoms with Crippen LogP contribution in [-0.4, -0.2) is 35.6 Å². The Morgan fingerprint density at radius 2 is 2.05 bits per heavy atom. The minimum Gasteiger partial charge on any atom is -0.266 e. The van der Waals surface area contributed by atoms with Crippen molar-refractivity contribution in [1.82, 2.24) is 0 Å². The van der Waals surface area contributed by atoms with Gasteiger partial charge in [-0.15, -0.1) is 0 Å². The van der Waals surface area contributed by atoms with Crippen molar-refractivity contribution in [3.8, 4) is 0 Å². The lowest BCUT2D eigenvalue weighted by Gasteiger charge is -2.03. The maximum absolute atomic E-state index is 11.5. The number of sulfone groups is 1. The van der Waals surface area contributed by atoms with Crippen LogP contribution in [0.25, 0.3) is 0 Å². The second kappa shape index (κ2) is 5.14. The van der Waals surface area contributed by atoms with E-state index in [1.54, 1.807) is 23.5 Å². The van der Waals surface area contributed by atoms with Gasteiger partial charge in [0.25, 0.3) is 0 Å². The van der Waals surface area contributed by atoms with Crippen LogP contribution in [0.5, 0.6) is 0 Å². The first-order chi connectivity index (χ1) is 9.02. The molecule has 0 aromatic heterocycles. The third-order valence-electron chi connectivity index (χ3n) is 3.28. The van der Waals surface area contributed by atoms with Crippen LogP contribution >= 0.6 is 23.5 Å². The second-order valence-electron chi connectivity index (χ2n) is 4.97. The van der Waals surface area contributed by atoms with Crippen LogP contribution in [0.15, 0.2) is 29.3 Å². The highest BCUT2D eigenvalue weighted by atomic mass is 32.2. The molecule has 3 nitrogen and oxygen atoms in total. The van der Waals surface area contributed by atoms with Gasteiger partial charge < -0.3 is 0 Å². The Labute approximate surface area is 122 Å². The van der Waals surface area contributed by atoms with Gasteiger partial charge in [0.15, 0.2) is 9.84 Å². The molecule has 2 heterocycles. The Kier molecular flexibility index (Phi) is 3.66. The van der Waals surface area contributed by atoms with Crippen molar-refractivity contribution in [2.24, 2.45) is 4.99 Å². The van der Waals surface area contributed by atoms with Gasteiger partial charge >= 0.3 is 0 Å². The molecule has 0 aliphatic carbocycles. The standard InChI is InChI=1S/C13H15NO2S3/c1-9-2-4-10(5-3-9)6-17-13-14-11-7-19(15,16)8-12(11)18-13/h2-5,11-12H,6-8H2,1H3/t11-,12+/m1/s1. The molecule has 0 N–H and O–H groups in total. The Bertz CT molecular complexity index is 607. The monoisotopic (exact) mass is 313 g/mol. The summed E-state index contributed by atoms with van der Waals surface area (Å²) in [5.41, 5.74) is 2.55. The van der Waals surface area contributed by atoms with Crippen LogP contribution in [0.3, 0.4) is 0 Å². The number of thioether (sulfide) groups is 2. The molecule has 2 aliphatic heterocycles. The summed E-state index contributed by atoms with van der Waals surface area (Å²) in [7, 11) is -2.84. The van der Waals surface area contributed by atoms with Crippen LogP contribution in [0.4, 0.5) is 0 Å². The minimum absolute atomic E-state index is 0.00415. The van der Waals surface area contributed by atoms with E-state index in [1.165, 1.54) is 11.1 Å². The zero-order valence-corrected chi connectivity index (χ0v) is 13.0. The van der Waals surface area contributed by atoms with Crippen molar-refractivity contribution in [2.45, 2.75) is 24.0 Å². The fraction of sp³-hybridized carbons (Fsp3) is 0.462. The number of nitrogens with zero attached hydrogens (tertiary/aromatic N) is 1. The summed E-state index contributed by atoms with van der Waals surface area (Å²) in [4.78, 5) is 4.54. The molecular formula is C13H15NO2S3. The predicted molar refractivity (Wildman–Crippen MR) is 83.7 cm³/mol. The van der Waals surface area contributed by atoms with Gasteiger partial charge in [0, 0.05) is 11.0 Å². The zero-order valence-electron chi connectivity index (χ0n) is 10.6. The Balaban J connectivity index is 1.59. The highest BCUT2D eigenvalue weighted by Crippen LogP contribution is 2.38. The number of hydrogen-bond donors (Lipinski definition) is 0. The fourth-order valence-corrected chi connectivity index (χ4v) is 7.21. The average molecular weight is 313 g/mol. The van der Waals surface area contributed by atoms with Crippen LogP contribution in [0.2, 0.25) is 0 Å². The molecule has 19 heavy (non-hydrogen) atoms. The lowest BCUT2D eigenvalue weighted by Crippen LogP contribution is -2.12. The van der Waals surface area contributed by atoms with Gasteiger partial charge in [0.05, 0.1) is 17.5 Å². The zero-order chi connectivity index (χ0) is 13.5. The molecule has 0 spiro atoms. The smallest absolute Gasteiger partial charge is 0.153 e. The van der Waals surface area contributed by atoms with Crippen LogP contribution in [0, 0.1) is 6.92 Å². The van der Waals surface area contributed by atoms with Gasteiger partial charge in [0.2, 0.25) is 0 Å². The van der Waals surface area contributed by atoms with Crippen molar-refractivity contribution >= 4 is 37.7 Å². The van der Waals surface area contributed by atoms with Gasteiger partial charge in [-0.25, -0.2) is 8.42 Å². The van der Waals surface area contributed by atoms with E-state index in [2.05, 4.69) is 36.2 Å². The quantitative estimate of drug-likeness (QED) is 0.841. The molecule has 2 atom stereocenters. The molecule has 1 saturated heterocycles. The molecule has 2 aliphatic rings. The highest BCUT2D eigenvalue weighted by molar-refractivity contribution is 8.39. The predicted octanol–water partition coefficient (Wildman–Crippen LogP) is 2.50. The van der Waals surface area contributed by atoms with E-state index in [9.17, 15) is 8.42 Å². The maximum Gasteiger partial charge on any atom is 0.153 e. The molecule has 6 heteroatoms. The van der Waals surface area contributed by atoms with E-state index in [-0.39, 0.29) is 17.0 Å². The maximum atomic E-state index is 11.5. The summed E-state index contributed by atoms with van der Waals surface area (Å²) in [6, 6.07) is 8.49. The SMILES string of the molecule is Cc1ccc(CSC2=N[C@@H]3CS(=O)(=O)C[C@@H]3S2)cc1. The van der Waals surface area contributed by atoms with Gasteiger partial charge in [-0.3, -0.25) is 4.99 Å². The van der Waals surface area contributed by atoms with Crippen molar-refractivity contribution in [3.05, 3.63) is 35.4 Å². The minimum atomic E-state index is -2.84. The number of aliphatic imine (C=N–C) groups is 1. The Morgan fingerprint density at radius 3 is 2.74 bits per heavy atom. The largest absolute Gasteiger partial charge is 0.266 e. The molecule has 0 radical (unpaired) electrons. The summed E-state index contributed by atoms with van der Waals surface area (Å²) >= 11 is 3.36. The number of fused-ring (bicyclic) bond motifs is 1. The van der Waals surface area contributed by atoms with Gasteiger partial charge in [-0.1, -0.05) is 53.4 Å². The number of aryl methyl sites for hydroxylation is 1. The summed E-state index contributed by atoms with van der Waals surface area (Å²) < 4.78 is 24.0. The second-order valence-corrected chi connectivity index (χ2v) is 9.57. The summed E-state index contributed by atoms with van der Waals surface area (Å²) in [6.07, 6.45) is 0. The lowest BCUT2D eigenvalue weighted by molar-refractivity contribution is 0.601. The van der Waals surface area contributed by atoms with Gasteiger partial charge in [0.1, 0.15) is 4.38 Å². The number of benzene rings is 1. The van der Waals surface area contributed by atoms with E-state index < -0.39 is 9.84 Å². The van der Waals surface area contributed by atoms with Crippen LogP contribution < -0.4 is 0 Å². The average Bonchev–Trinajstić information content (AvgIpc) is 2.81. The molecule has 1 aromatic carbocycles. The highest BCUT2D eigenvalue weighted by Gasteiger charge is 2.42. The first-order valence-corrected chi connectivity index (χ1v) is 9.84. The molecule has 3 rings (SSSR count). The fourth-order valence-electron chi connectivity index (χ4n) is 2.23. The summed E-state index contributed by atoms with van der Waals surface area (Å²) in [5.74, 6) is 1.43. The Hall–Kier alpha value is -0.460. The molecule has 1 fully saturated rings. The Morgan fingerprint density at radius 1 is 1.32 bits per heavy atom. The lowest BCUT2D eigenvalue weighted by atomic mass is 10.2. The van der Waals surface area contributed by atoms with Gasteiger partial charge in [-0.05, 0) is 12.5 Å².